The van der Waals surface area contributed by atoms with Crippen molar-refractivity contribution in [3.8, 4) is 11.5 Å². The molecular weight excluding hydrogens is 408 g/mol. The van der Waals surface area contributed by atoms with Gasteiger partial charge in [0.15, 0.2) is 16.6 Å². The number of rotatable bonds is 4. The smallest absolute Gasteiger partial charge is 0.257 e. The van der Waals surface area contributed by atoms with Crippen molar-refractivity contribution in [1.82, 2.24) is 4.98 Å². The Morgan fingerprint density at radius 1 is 1.00 bits per heavy atom. The maximum absolute atomic E-state index is 13.4. The predicted molar refractivity (Wildman–Crippen MR) is 124 cm³/mol. The van der Waals surface area contributed by atoms with Gasteiger partial charge >= 0.3 is 0 Å². The van der Waals surface area contributed by atoms with Gasteiger partial charge in [0.25, 0.3) is 5.91 Å². The molecule has 0 bridgehead atoms. The molecule has 0 atom stereocenters. The number of thiazole rings is 1. The summed E-state index contributed by atoms with van der Waals surface area (Å²) in [5.41, 5.74) is 3.57. The van der Waals surface area contributed by atoms with Gasteiger partial charge in [0.05, 0.1) is 15.9 Å². The molecule has 5 rings (SSSR count). The highest BCUT2D eigenvalue weighted by molar-refractivity contribution is 7.22. The topological polar surface area (TPSA) is 51.7 Å². The molecule has 3 aromatic carbocycles. The van der Waals surface area contributed by atoms with E-state index in [2.05, 4.69) is 0 Å². The first-order valence-electron chi connectivity index (χ1n) is 10.0. The molecule has 6 heteroatoms. The number of aromatic nitrogens is 1. The van der Waals surface area contributed by atoms with Crippen molar-refractivity contribution in [3.05, 3.63) is 83.9 Å². The first-order chi connectivity index (χ1) is 15.2. The summed E-state index contributed by atoms with van der Waals surface area (Å²) in [6.07, 6.45) is 3.36. The zero-order valence-corrected chi connectivity index (χ0v) is 17.8. The molecule has 0 fully saturated rings. The van der Waals surface area contributed by atoms with Gasteiger partial charge in [0.1, 0.15) is 13.2 Å². The van der Waals surface area contributed by atoms with Crippen LogP contribution in [0.2, 0.25) is 0 Å². The second-order valence-corrected chi connectivity index (χ2v) is 8.17. The van der Waals surface area contributed by atoms with Crippen LogP contribution in [0.3, 0.4) is 0 Å². The molecule has 1 amide bonds. The van der Waals surface area contributed by atoms with Crippen LogP contribution in [0.1, 0.15) is 11.1 Å². The van der Waals surface area contributed by atoms with Crippen LogP contribution in [-0.4, -0.2) is 24.1 Å². The maximum atomic E-state index is 13.4. The molecule has 154 valence electrons. The lowest BCUT2D eigenvalue weighted by molar-refractivity contribution is -0.113. The largest absolute Gasteiger partial charge is 0.486 e. The zero-order valence-electron chi connectivity index (χ0n) is 16.9. The molecule has 0 radical (unpaired) electrons. The van der Waals surface area contributed by atoms with Gasteiger partial charge in [-0.05, 0) is 54.5 Å². The average molecular weight is 429 g/mol. The van der Waals surface area contributed by atoms with E-state index in [9.17, 15) is 4.79 Å². The quantitative estimate of drug-likeness (QED) is 0.388. The number of ether oxygens (including phenoxy) is 2. The molecular formula is C25H20N2O3S. The number of amides is 1. The molecule has 31 heavy (non-hydrogen) atoms. The number of hydrogen-bond acceptors (Lipinski definition) is 5. The van der Waals surface area contributed by atoms with E-state index in [0.29, 0.717) is 24.1 Å². The lowest BCUT2D eigenvalue weighted by Gasteiger charge is -2.20. The fourth-order valence-corrected chi connectivity index (χ4v) is 4.48. The van der Waals surface area contributed by atoms with E-state index in [1.807, 2.05) is 73.7 Å². The fraction of sp³-hybridized carbons (Fsp3) is 0.120. The Balaban J connectivity index is 1.51. The SMILES string of the molecule is Cc1ccccc1N(C(=O)/C=C/c1ccc2c(c1)OCCO2)c1nc2ccccc2s1. The summed E-state index contributed by atoms with van der Waals surface area (Å²) in [6, 6.07) is 21.4. The molecule has 1 aliphatic heterocycles. The first kappa shape index (κ1) is 19.3. The maximum Gasteiger partial charge on any atom is 0.257 e. The standard InChI is InChI=1S/C25H20N2O3S/c1-17-6-2-4-8-20(17)27(25-26-19-7-3-5-9-23(19)31-25)24(28)13-11-18-10-12-21-22(16-18)30-15-14-29-21/h2-13,16H,14-15H2,1H3/b13-11+. The van der Waals surface area contributed by atoms with Crippen molar-refractivity contribution in [2.24, 2.45) is 0 Å². The number of hydrogen-bond donors (Lipinski definition) is 0. The van der Waals surface area contributed by atoms with Crippen LogP contribution >= 0.6 is 11.3 Å². The molecule has 0 saturated carbocycles. The van der Waals surface area contributed by atoms with Crippen LogP contribution in [0.25, 0.3) is 16.3 Å². The van der Waals surface area contributed by atoms with E-state index < -0.39 is 0 Å². The highest BCUT2D eigenvalue weighted by Crippen LogP contribution is 2.35. The number of benzene rings is 3. The summed E-state index contributed by atoms with van der Waals surface area (Å²) in [7, 11) is 0. The number of fused-ring (bicyclic) bond motifs is 2. The van der Waals surface area contributed by atoms with Gasteiger partial charge in [-0.1, -0.05) is 47.7 Å². The molecule has 0 unspecified atom stereocenters. The number of nitrogens with zero attached hydrogens (tertiary/aromatic N) is 2. The third-order valence-electron chi connectivity index (χ3n) is 5.04. The Morgan fingerprint density at radius 3 is 2.61 bits per heavy atom. The Bertz CT molecular complexity index is 1260. The van der Waals surface area contributed by atoms with Gasteiger partial charge in [-0.3, -0.25) is 9.69 Å². The number of para-hydroxylation sites is 2. The Morgan fingerprint density at radius 2 is 1.77 bits per heavy atom. The molecule has 5 nitrogen and oxygen atoms in total. The summed E-state index contributed by atoms with van der Waals surface area (Å²) >= 11 is 1.50. The molecule has 1 aromatic heterocycles. The molecule has 0 spiro atoms. The molecule has 4 aromatic rings. The van der Waals surface area contributed by atoms with Gasteiger partial charge in [0, 0.05) is 6.08 Å². The van der Waals surface area contributed by atoms with Crippen molar-refractivity contribution in [2.75, 3.05) is 18.1 Å². The minimum Gasteiger partial charge on any atom is -0.486 e. The molecule has 2 heterocycles. The van der Waals surface area contributed by atoms with Crippen molar-refractivity contribution >= 4 is 44.4 Å². The van der Waals surface area contributed by atoms with Crippen LogP contribution in [0.15, 0.2) is 72.8 Å². The van der Waals surface area contributed by atoms with Gasteiger partial charge in [0.2, 0.25) is 0 Å². The van der Waals surface area contributed by atoms with Gasteiger partial charge in [-0.15, -0.1) is 0 Å². The van der Waals surface area contributed by atoms with Crippen LogP contribution in [-0.2, 0) is 4.79 Å². The molecule has 0 saturated heterocycles. The summed E-state index contributed by atoms with van der Waals surface area (Å²) in [5.74, 6) is 1.26. The fourth-order valence-electron chi connectivity index (χ4n) is 3.49. The highest BCUT2D eigenvalue weighted by atomic mass is 32.1. The number of aryl methyl sites for hydroxylation is 1. The lowest BCUT2D eigenvalue weighted by Crippen LogP contribution is -2.24. The Kier molecular flexibility index (Phi) is 5.14. The molecule has 0 aliphatic carbocycles. The van der Waals surface area contributed by atoms with Gasteiger partial charge in [-0.25, -0.2) is 4.98 Å². The molecule has 1 aliphatic rings. The van der Waals surface area contributed by atoms with Crippen molar-refractivity contribution in [2.45, 2.75) is 6.92 Å². The minimum absolute atomic E-state index is 0.164. The van der Waals surface area contributed by atoms with Gasteiger partial charge < -0.3 is 9.47 Å². The summed E-state index contributed by atoms with van der Waals surface area (Å²) in [4.78, 5) is 19.8. The third-order valence-corrected chi connectivity index (χ3v) is 6.06. The van der Waals surface area contributed by atoms with Crippen molar-refractivity contribution in [3.63, 3.8) is 0 Å². The van der Waals surface area contributed by atoms with Crippen LogP contribution < -0.4 is 14.4 Å². The van der Waals surface area contributed by atoms with Crippen molar-refractivity contribution in [1.29, 1.82) is 0 Å². The van der Waals surface area contributed by atoms with E-state index in [1.54, 1.807) is 17.1 Å². The predicted octanol–water partition coefficient (Wildman–Crippen LogP) is 5.75. The van der Waals surface area contributed by atoms with E-state index >= 15 is 0 Å². The van der Waals surface area contributed by atoms with Crippen molar-refractivity contribution < 1.29 is 14.3 Å². The number of anilines is 2. The minimum atomic E-state index is -0.164. The zero-order chi connectivity index (χ0) is 21.2. The monoisotopic (exact) mass is 428 g/mol. The van der Waals surface area contributed by atoms with E-state index in [0.717, 1.165) is 32.8 Å². The second kappa shape index (κ2) is 8.24. The average Bonchev–Trinajstić information content (AvgIpc) is 3.22. The van der Waals surface area contributed by atoms with Crippen LogP contribution in [0, 0.1) is 6.92 Å². The lowest BCUT2D eigenvalue weighted by atomic mass is 10.1. The summed E-state index contributed by atoms with van der Waals surface area (Å²) < 4.78 is 12.3. The normalized spacial score (nSPS) is 12.9. The van der Waals surface area contributed by atoms with Gasteiger partial charge in [-0.2, -0.15) is 0 Å². The van der Waals surface area contributed by atoms with Crippen LogP contribution in [0.5, 0.6) is 11.5 Å². The van der Waals surface area contributed by atoms with E-state index in [4.69, 9.17) is 14.5 Å². The summed E-state index contributed by atoms with van der Waals surface area (Å²) in [5, 5.41) is 0.646. The third kappa shape index (κ3) is 3.90. The number of carbonyl (C=O) groups is 1. The highest BCUT2D eigenvalue weighted by Gasteiger charge is 2.21. The first-order valence-corrected chi connectivity index (χ1v) is 10.8. The van der Waals surface area contributed by atoms with E-state index in [1.165, 1.54) is 11.3 Å². The van der Waals surface area contributed by atoms with E-state index in [-0.39, 0.29) is 5.91 Å². The van der Waals surface area contributed by atoms with Crippen LogP contribution in [0.4, 0.5) is 10.8 Å². The Hall–Kier alpha value is -3.64. The summed E-state index contributed by atoms with van der Waals surface area (Å²) in [6.45, 7) is 3.07. The molecule has 0 N–H and O–H groups in total. The Labute approximate surface area is 184 Å². The second-order valence-electron chi connectivity index (χ2n) is 7.16. The number of carbonyl (C=O) groups excluding carboxylic acids is 1.